The molecule has 9 nitrogen and oxygen atoms in total. The number of para-hydroxylation sites is 2. The van der Waals surface area contributed by atoms with Crippen LogP contribution in [0.4, 0.5) is 17.4 Å². The molecule has 0 spiro atoms. The van der Waals surface area contributed by atoms with Gasteiger partial charge in [0.15, 0.2) is 0 Å². The molecule has 2 aromatic carbocycles. The molecular weight excluding hydrogens is 454 g/mol. The quantitative estimate of drug-likeness (QED) is 0.436. The maximum atomic E-state index is 12.6. The van der Waals surface area contributed by atoms with E-state index in [2.05, 4.69) is 31.4 Å². The van der Waals surface area contributed by atoms with Gasteiger partial charge in [0.25, 0.3) is 5.69 Å². The summed E-state index contributed by atoms with van der Waals surface area (Å²) in [6.45, 7) is 1.10. The van der Waals surface area contributed by atoms with Gasteiger partial charge in [0.1, 0.15) is 5.69 Å². The summed E-state index contributed by atoms with van der Waals surface area (Å²) in [5, 5.41) is 21.8. The summed E-state index contributed by atoms with van der Waals surface area (Å²) < 4.78 is 6.44. The Morgan fingerprint density at radius 1 is 1.17 bits per heavy atom. The standard InChI is InChI=1S/C20H18BrN5O4/c21-15-5-3-4-14(12-15)19-23-24-20(30-19)22-18(27)13-8-10-25(11-9-13)16-6-1-2-7-17(16)26(28)29/h1-7,12-13H,8-11H2,(H,22,24,27). The summed E-state index contributed by atoms with van der Waals surface area (Å²) in [6, 6.07) is 14.1. The number of nitrogens with zero attached hydrogens (tertiary/aromatic N) is 4. The van der Waals surface area contributed by atoms with Crippen LogP contribution >= 0.6 is 15.9 Å². The third-order valence-corrected chi connectivity index (χ3v) is 5.50. The van der Waals surface area contributed by atoms with Gasteiger partial charge in [-0.1, -0.05) is 39.2 Å². The molecule has 0 saturated carbocycles. The van der Waals surface area contributed by atoms with E-state index in [0.717, 1.165) is 10.0 Å². The van der Waals surface area contributed by atoms with E-state index in [0.29, 0.717) is 37.5 Å². The summed E-state index contributed by atoms with van der Waals surface area (Å²) in [5.74, 6) is -0.107. The van der Waals surface area contributed by atoms with E-state index >= 15 is 0 Å². The molecule has 1 fully saturated rings. The van der Waals surface area contributed by atoms with Gasteiger partial charge in [-0.2, -0.15) is 0 Å². The highest BCUT2D eigenvalue weighted by molar-refractivity contribution is 9.10. The topological polar surface area (TPSA) is 114 Å². The number of carbonyl (C=O) groups is 1. The van der Waals surface area contributed by atoms with E-state index < -0.39 is 0 Å². The Balaban J connectivity index is 1.37. The average Bonchev–Trinajstić information content (AvgIpc) is 3.22. The minimum absolute atomic E-state index is 0.0519. The molecule has 1 aliphatic heterocycles. The first kappa shape index (κ1) is 20.0. The van der Waals surface area contributed by atoms with Crippen LogP contribution in [0.5, 0.6) is 0 Å². The number of carbonyl (C=O) groups excluding carboxylic acids is 1. The van der Waals surface area contributed by atoms with E-state index in [9.17, 15) is 14.9 Å². The number of nitro benzene ring substituents is 1. The molecule has 4 rings (SSSR count). The zero-order chi connectivity index (χ0) is 21.1. The van der Waals surface area contributed by atoms with Crippen molar-refractivity contribution in [2.75, 3.05) is 23.3 Å². The van der Waals surface area contributed by atoms with Crippen LogP contribution in [-0.2, 0) is 4.79 Å². The molecule has 1 amide bonds. The van der Waals surface area contributed by atoms with Crippen LogP contribution in [0.15, 0.2) is 57.4 Å². The first-order valence-corrected chi connectivity index (χ1v) is 10.2. The lowest BCUT2D eigenvalue weighted by Gasteiger charge is -2.32. The normalized spacial score (nSPS) is 14.5. The van der Waals surface area contributed by atoms with E-state index in [1.165, 1.54) is 6.07 Å². The second kappa shape index (κ2) is 8.62. The van der Waals surface area contributed by atoms with Crippen molar-refractivity contribution in [1.29, 1.82) is 0 Å². The molecule has 0 atom stereocenters. The molecule has 154 valence electrons. The Labute approximate surface area is 180 Å². The number of aromatic nitrogens is 2. The van der Waals surface area contributed by atoms with E-state index in [1.54, 1.807) is 18.2 Å². The van der Waals surface area contributed by atoms with Crippen LogP contribution in [-0.4, -0.2) is 34.1 Å². The molecule has 3 aromatic rings. The number of benzene rings is 2. The number of piperidine rings is 1. The third kappa shape index (κ3) is 4.33. The van der Waals surface area contributed by atoms with Crippen LogP contribution < -0.4 is 10.2 Å². The van der Waals surface area contributed by atoms with Crippen molar-refractivity contribution in [3.05, 3.63) is 63.1 Å². The van der Waals surface area contributed by atoms with Crippen LogP contribution in [0.3, 0.4) is 0 Å². The summed E-state index contributed by atoms with van der Waals surface area (Å²) in [4.78, 5) is 25.4. The van der Waals surface area contributed by atoms with Gasteiger partial charge in [0, 0.05) is 35.1 Å². The Morgan fingerprint density at radius 2 is 1.93 bits per heavy atom. The maximum Gasteiger partial charge on any atom is 0.322 e. The van der Waals surface area contributed by atoms with Gasteiger partial charge < -0.3 is 9.32 Å². The van der Waals surface area contributed by atoms with Crippen molar-refractivity contribution in [2.24, 2.45) is 5.92 Å². The molecule has 30 heavy (non-hydrogen) atoms. The minimum Gasteiger partial charge on any atom is -0.403 e. The molecule has 1 saturated heterocycles. The smallest absolute Gasteiger partial charge is 0.322 e. The lowest BCUT2D eigenvalue weighted by Crippen LogP contribution is -2.38. The number of nitrogens with one attached hydrogen (secondary N) is 1. The number of halogens is 1. The fourth-order valence-corrected chi connectivity index (χ4v) is 3.89. The number of amides is 1. The summed E-state index contributed by atoms with van der Waals surface area (Å²) in [6.07, 6.45) is 1.15. The molecule has 0 radical (unpaired) electrons. The molecule has 10 heteroatoms. The van der Waals surface area contributed by atoms with Gasteiger partial charge in [-0.05, 0) is 37.1 Å². The van der Waals surface area contributed by atoms with Gasteiger partial charge in [-0.3, -0.25) is 20.2 Å². The molecule has 1 N–H and O–H groups in total. The molecule has 1 aromatic heterocycles. The molecule has 0 bridgehead atoms. The number of anilines is 2. The van der Waals surface area contributed by atoms with Crippen molar-refractivity contribution in [2.45, 2.75) is 12.8 Å². The predicted octanol–water partition coefficient (Wildman–Crippen LogP) is 4.26. The molecular formula is C20H18BrN5O4. The van der Waals surface area contributed by atoms with Gasteiger partial charge in [-0.25, -0.2) is 0 Å². The largest absolute Gasteiger partial charge is 0.403 e. The van der Waals surface area contributed by atoms with Crippen LogP contribution in [0.25, 0.3) is 11.5 Å². The average molecular weight is 472 g/mol. The first-order valence-electron chi connectivity index (χ1n) is 9.40. The maximum absolute atomic E-state index is 12.6. The number of nitro groups is 1. The lowest BCUT2D eigenvalue weighted by molar-refractivity contribution is -0.384. The van der Waals surface area contributed by atoms with Crippen LogP contribution in [0, 0.1) is 16.0 Å². The van der Waals surface area contributed by atoms with Crippen molar-refractivity contribution in [3.8, 4) is 11.5 Å². The van der Waals surface area contributed by atoms with Crippen molar-refractivity contribution < 1.29 is 14.1 Å². The zero-order valence-corrected chi connectivity index (χ0v) is 17.4. The second-order valence-corrected chi connectivity index (χ2v) is 7.83. The highest BCUT2D eigenvalue weighted by Crippen LogP contribution is 2.31. The Morgan fingerprint density at radius 3 is 2.67 bits per heavy atom. The Bertz CT molecular complexity index is 1080. The van der Waals surface area contributed by atoms with Crippen molar-refractivity contribution >= 4 is 39.2 Å². The Kier molecular flexibility index (Phi) is 5.75. The number of hydrogen-bond donors (Lipinski definition) is 1. The monoisotopic (exact) mass is 471 g/mol. The predicted molar refractivity (Wildman–Crippen MR) is 114 cm³/mol. The van der Waals surface area contributed by atoms with Gasteiger partial charge in [0.2, 0.25) is 11.8 Å². The van der Waals surface area contributed by atoms with Crippen molar-refractivity contribution in [3.63, 3.8) is 0 Å². The number of rotatable bonds is 5. The molecule has 1 aliphatic rings. The second-order valence-electron chi connectivity index (χ2n) is 6.92. The van der Waals surface area contributed by atoms with Gasteiger partial charge >= 0.3 is 6.01 Å². The fourth-order valence-electron chi connectivity index (χ4n) is 3.49. The van der Waals surface area contributed by atoms with Crippen LogP contribution in [0.1, 0.15) is 12.8 Å². The Hall–Kier alpha value is -3.27. The summed E-state index contributed by atoms with van der Waals surface area (Å²) in [7, 11) is 0. The number of hydrogen-bond acceptors (Lipinski definition) is 7. The molecule has 0 unspecified atom stereocenters. The van der Waals surface area contributed by atoms with Crippen LogP contribution in [0.2, 0.25) is 0 Å². The lowest BCUT2D eigenvalue weighted by atomic mass is 9.95. The zero-order valence-electron chi connectivity index (χ0n) is 15.8. The molecule has 0 aliphatic carbocycles. The fraction of sp³-hybridized carbons (Fsp3) is 0.250. The van der Waals surface area contributed by atoms with Gasteiger partial charge in [-0.15, -0.1) is 5.10 Å². The third-order valence-electron chi connectivity index (χ3n) is 5.01. The van der Waals surface area contributed by atoms with Gasteiger partial charge in [0.05, 0.1) is 4.92 Å². The van der Waals surface area contributed by atoms with E-state index in [1.807, 2.05) is 29.2 Å². The summed E-state index contributed by atoms with van der Waals surface area (Å²) >= 11 is 3.39. The summed E-state index contributed by atoms with van der Waals surface area (Å²) in [5.41, 5.74) is 1.40. The highest BCUT2D eigenvalue weighted by atomic mass is 79.9. The first-order chi connectivity index (χ1) is 14.5. The van der Waals surface area contributed by atoms with E-state index in [4.69, 9.17) is 4.42 Å². The van der Waals surface area contributed by atoms with Crippen molar-refractivity contribution in [1.82, 2.24) is 10.2 Å². The minimum atomic E-state index is -0.382. The highest BCUT2D eigenvalue weighted by Gasteiger charge is 2.29. The van der Waals surface area contributed by atoms with E-state index in [-0.39, 0.29) is 28.5 Å². The SMILES string of the molecule is O=C(Nc1nnc(-c2cccc(Br)c2)o1)C1CCN(c2ccccc2[N+](=O)[O-])CC1. The molecule has 2 heterocycles.